The van der Waals surface area contributed by atoms with Crippen molar-refractivity contribution in [2.45, 2.75) is 12.5 Å². The van der Waals surface area contributed by atoms with E-state index < -0.39 is 6.04 Å². The molecule has 0 aromatic heterocycles. The Balaban J connectivity index is 2.49. The molecule has 0 saturated heterocycles. The maximum absolute atomic E-state index is 11.4. The molecular formula is C11H16N2O. The van der Waals surface area contributed by atoms with Crippen LogP contribution in [0.4, 0.5) is 0 Å². The zero-order chi connectivity index (χ0) is 10.4. The van der Waals surface area contributed by atoms with Crippen LogP contribution in [0, 0.1) is 0 Å². The van der Waals surface area contributed by atoms with Crippen LogP contribution < -0.4 is 11.1 Å². The smallest absolute Gasteiger partial charge is 0.163 e. The molecule has 0 fully saturated rings. The van der Waals surface area contributed by atoms with Gasteiger partial charge in [0.05, 0.1) is 12.6 Å². The lowest BCUT2D eigenvalue weighted by Crippen LogP contribution is -2.38. The lowest BCUT2D eigenvalue weighted by molar-refractivity contribution is -0.119. The van der Waals surface area contributed by atoms with Gasteiger partial charge in [-0.2, -0.15) is 0 Å². The molecule has 1 aromatic carbocycles. The van der Waals surface area contributed by atoms with E-state index in [0.717, 1.165) is 5.56 Å². The summed E-state index contributed by atoms with van der Waals surface area (Å²) in [5, 5.41) is 2.80. The molecule has 0 bridgehead atoms. The van der Waals surface area contributed by atoms with Crippen LogP contribution in [0.25, 0.3) is 0 Å². The summed E-state index contributed by atoms with van der Waals surface area (Å²) in [6.07, 6.45) is 0.612. The van der Waals surface area contributed by atoms with Crippen molar-refractivity contribution in [1.29, 1.82) is 0 Å². The number of benzene rings is 1. The van der Waals surface area contributed by atoms with E-state index in [1.54, 1.807) is 7.05 Å². The highest BCUT2D eigenvalue weighted by atomic mass is 16.1. The summed E-state index contributed by atoms with van der Waals surface area (Å²) in [5.41, 5.74) is 6.85. The van der Waals surface area contributed by atoms with E-state index in [1.807, 2.05) is 30.3 Å². The molecule has 0 unspecified atom stereocenters. The van der Waals surface area contributed by atoms with Crippen LogP contribution in [0.2, 0.25) is 0 Å². The number of carbonyl (C=O) groups is 1. The molecule has 14 heavy (non-hydrogen) atoms. The highest BCUT2D eigenvalue weighted by molar-refractivity contribution is 5.85. The minimum Gasteiger partial charge on any atom is -0.321 e. The van der Waals surface area contributed by atoms with E-state index in [0.29, 0.717) is 13.0 Å². The normalized spacial score (nSPS) is 12.4. The van der Waals surface area contributed by atoms with Gasteiger partial charge in [-0.05, 0) is 19.0 Å². The molecule has 0 spiro atoms. The van der Waals surface area contributed by atoms with Gasteiger partial charge in [0.25, 0.3) is 0 Å². The lowest BCUT2D eigenvalue weighted by atomic mass is 10.0. The van der Waals surface area contributed by atoms with Gasteiger partial charge < -0.3 is 11.1 Å². The fourth-order valence-electron chi connectivity index (χ4n) is 1.29. The van der Waals surface area contributed by atoms with Crippen LogP contribution in [0.15, 0.2) is 30.3 Å². The number of likely N-dealkylation sites (N-methyl/N-ethyl adjacent to an activating group) is 1. The zero-order valence-electron chi connectivity index (χ0n) is 8.36. The van der Waals surface area contributed by atoms with Crippen LogP contribution >= 0.6 is 0 Å². The standard InChI is InChI=1S/C11H16N2O/c1-13-8-11(14)10(12)7-9-5-3-2-4-6-9/h2-6,10,13H,7-8,12H2,1H3/t10-/m0/s1. The van der Waals surface area contributed by atoms with E-state index in [4.69, 9.17) is 5.73 Å². The predicted octanol–water partition coefficient (Wildman–Crippen LogP) is 0.345. The van der Waals surface area contributed by atoms with Crippen molar-refractivity contribution in [2.24, 2.45) is 5.73 Å². The number of nitrogens with two attached hydrogens (primary N) is 1. The Labute approximate surface area is 84.3 Å². The van der Waals surface area contributed by atoms with Gasteiger partial charge in [-0.1, -0.05) is 30.3 Å². The number of rotatable bonds is 5. The second kappa shape index (κ2) is 5.52. The maximum atomic E-state index is 11.4. The van der Waals surface area contributed by atoms with Gasteiger partial charge in [-0.15, -0.1) is 0 Å². The first-order valence-corrected chi connectivity index (χ1v) is 4.71. The second-order valence-corrected chi connectivity index (χ2v) is 3.29. The van der Waals surface area contributed by atoms with Crippen molar-refractivity contribution < 1.29 is 4.79 Å². The van der Waals surface area contributed by atoms with Crippen molar-refractivity contribution in [3.05, 3.63) is 35.9 Å². The number of nitrogens with one attached hydrogen (secondary N) is 1. The highest BCUT2D eigenvalue weighted by Gasteiger charge is 2.12. The van der Waals surface area contributed by atoms with E-state index in [1.165, 1.54) is 0 Å². The Hall–Kier alpha value is -1.19. The number of hydrogen-bond donors (Lipinski definition) is 2. The summed E-state index contributed by atoms with van der Waals surface area (Å²) in [7, 11) is 1.74. The van der Waals surface area contributed by atoms with Crippen LogP contribution in [0.3, 0.4) is 0 Å². The minimum atomic E-state index is -0.398. The Morgan fingerprint density at radius 3 is 2.64 bits per heavy atom. The Bertz CT molecular complexity index is 285. The molecule has 0 amide bonds. The predicted molar refractivity (Wildman–Crippen MR) is 57.1 cm³/mol. The molecule has 0 radical (unpaired) electrons. The summed E-state index contributed by atoms with van der Waals surface area (Å²) in [4.78, 5) is 11.4. The van der Waals surface area contributed by atoms with Crippen LogP contribution in [0.1, 0.15) is 5.56 Å². The maximum Gasteiger partial charge on any atom is 0.163 e. The summed E-state index contributed by atoms with van der Waals surface area (Å²) in [5.74, 6) is 0.0522. The number of hydrogen-bond acceptors (Lipinski definition) is 3. The molecule has 0 aliphatic carbocycles. The van der Waals surface area contributed by atoms with Crippen molar-refractivity contribution in [1.82, 2.24) is 5.32 Å². The summed E-state index contributed by atoms with van der Waals surface area (Å²) < 4.78 is 0. The minimum absolute atomic E-state index is 0.0522. The molecule has 1 aromatic rings. The van der Waals surface area contributed by atoms with Crippen molar-refractivity contribution in [3.63, 3.8) is 0 Å². The first-order valence-electron chi connectivity index (χ1n) is 4.71. The van der Waals surface area contributed by atoms with Crippen LogP contribution in [-0.2, 0) is 11.2 Å². The fraction of sp³-hybridized carbons (Fsp3) is 0.364. The van der Waals surface area contributed by atoms with Crippen molar-refractivity contribution in [2.75, 3.05) is 13.6 Å². The monoisotopic (exact) mass is 192 g/mol. The average Bonchev–Trinajstić information content (AvgIpc) is 2.19. The number of ketones is 1. The van der Waals surface area contributed by atoms with Crippen LogP contribution in [-0.4, -0.2) is 25.4 Å². The van der Waals surface area contributed by atoms with Gasteiger partial charge >= 0.3 is 0 Å². The van der Waals surface area contributed by atoms with Gasteiger partial charge in [0.2, 0.25) is 0 Å². The Morgan fingerprint density at radius 1 is 1.43 bits per heavy atom. The van der Waals surface area contributed by atoms with Gasteiger partial charge in [0.1, 0.15) is 0 Å². The fourth-order valence-corrected chi connectivity index (χ4v) is 1.29. The SMILES string of the molecule is CNCC(=O)[C@@H](N)Cc1ccccc1. The topological polar surface area (TPSA) is 55.1 Å². The third kappa shape index (κ3) is 3.28. The third-order valence-electron chi connectivity index (χ3n) is 2.06. The second-order valence-electron chi connectivity index (χ2n) is 3.29. The average molecular weight is 192 g/mol. The lowest BCUT2D eigenvalue weighted by Gasteiger charge is -2.09. The highest BCUT2D eigenvalue weighted by Crippen LogP contribution is 2.01. The zero-order valence-corrected chi connectivity index (χ0v) is 8.36. The van der Waals surface area contributed by atoms with Gasteiger partial charge in [0.15, 0.2) is 5.78 Å². The number of Topliss-reactive ketones (excluding diaryl/α,β-unsaturated/α-hetero) is 1. The Kier molecular flexibility index (Phi) is 4.29. The van der Waals surface area contributed by atoms with Crippen LogP contribution in [0.5, 0.6) is 0 Å². The largest absolute Gasteiger partial charge is 0.321 e. The first-order chi connectivity index (χ1) is 6.74. The third-order valence-corrected chi connectivity index (χ3v) is 2.06. The molecular weight excluding hydrogens is 176 g/mol. The molecule has 3 N–H and O–H groups in total. The van der Waals surface area contributed by atoms with E-state index >= 15 is 0 Å². The summed E-state index contributed by atoms with van der Waals surface area (Å²) >= 11 is 0. The molecule has 0 heterocycles. The molecule has 0 saturated carbocycles. The molecule has 0 aliphatic heterocycles. The molecule has 76 valence electrons. The molecule has 3 heteroatoms. The van der Waals surface area contributed by atoms with Crippen molar-refractivity contribution >= 4 is 5.78 Å². The number of carbonyl (C=O) groups excluding carboxylic acids is 1. The molecule has 1 rings (SSSR count). The Morgan fingerprint density at radius 2 is 2.07 bits per heavy atom. The summed E-state index contributed by atoms with van der Waals surface area (Å²) in [6, 6.07) is 9.41. The molecule has 3 nitrogen and oxygen atoms in total. The van der Waals surface area contributed by atoms with Gasteiger partial charge in [-0.3, -0.25) is 4.79 Å². The molecule has 1 atom stereocenters. The van der Waals surface area contributed by atoms with E-state index in [2.05, 4.69) is 5.32 Å². The molecule has 0 aliphatic rings. The van der Waals surface area contributed by atoms with Gasteiger partial charge in [-0.25, -0.2) is 0 Å². The quantitative estimate of drug-likeness (QED) is 0.707. The van der Waals surface area contributed by atoms with Gasteiger partial charge in [0, 0.05) is 0 Å². The van der Waals surface area contributed by atoms with E-state index in [-0.39, 0.29) is 5.78 Å². The van der Waals surface area contributed by atoms with Crippen molar-refractivity contribution in [3.8, 4) is 0 Å². The van der Waals surface area contributed by atoms with E-state index in [9.17, 15) is 4.79 Å². The summed E-state index contributed by atoms with van der Waals surface area (Å²) in [6.45, 7) is 0.341. The first kappa shape index (κ1) is 10.9.